The fraction of sp³-hybridized carbons (Fsp3) is 0.0952. The number of nitrogens with zero attached hydrogens (tertiary/aromatic N) is 1. The summed E-state index contributed by atoms with van der Waals surface area (Å²) in [7, 11) is 0. The second-order valence-electron chi connectivity index (χ2n) is 6.36. The van der Waals surface area contributed by atoms with Crippen molar-refractivity contribution in [1.29, 1.82) is 0 Å². The molecule has 2 aromatic carbocycles. The Labute approximate surface area is 178 Å². The van der Waals surface area contributed by atoms with Crippen LogP contribution >= 0.6 is 38.9 Å². The van der Waals surface area contributed by atoms with Gasteiger partial charge in [-0.2, -0.15) is 0 Å². The minimum atomic E-state index is -0.318. The second kappa shape index (κ2) is 8.07. The number of carbonyl (C=O) groups excluding carboxylic acids is 1. The maximum absolute atomic E-state index is 13.4. The standard InChI is InChI=1S/C21H15BrClFN2OS/c22-20-10-17-19(28-20)9-18(26(17)12-14-4-1-5-15(23)7-14)21(27)25-11-13-3-2-6-16(24)8-13/h1-10H,11-12H2,(H,25,27). The molecular formula is C21H15BrClFN2OS. The van der Waals surface area contributed by atoms with Crippen LogP contribution in [0, 0.1) is 5.82 Å². The molecule has 4 aromatic rings. The van der Waals surface area contributed by atoms with E-state index in [0.29, 0.717) is 22.8 Å². The van der Waals surface area contributed by atoms with Gasteiger partial charge in [0.05, 0.1) is 14.0 Å². The van der Waals surface area contributed by atoms with Gasteiger partial charge in [-0.1, -0.05) is 35.9 Å². The van der Waals surface area contributed by atoms with Crippen molar-refractivity contribution in [3.05, 3.63) is 92.1 Å². The zero-order chi connectivity index (χ0) is 19.7. The number of aromatic nitrogens is 1. The summed E-state index contributed by atoms with van der Waals surface area (Å²) < 4.78 is 17.4. The van der Waals surface area contributed by atoms with Gasteiger partial charge in [-0.25, -0.2) is 4.39 Å². The van der Waals surface area contributed by atoms with Crippen LogP contribution in [0.25, 0.3) is 10.2 Å². The Hall–Kier alpha value is -2.15. The van der Waals surface area contributed by atoms with Crippen molar-refractivity contribution < 1.29 is 9.18 Å². The fourth-order valence-corrected chi connectivity index (χ4v) is 4.89. The Morgan fingerprint density at radius 1 is 1.11 bits per heavy atom. The van der Waals surface area contributed by atoms with E-state index in [0.717, 1.165) is 19.6 Å². The summed E-state index contributed by atoms with van der Waals surface area (Å²) in [5, 5.41) is 3.54. The first-order chi connectivity index (χ1) is 13.5. The predicted molar refractivity (Wildman–Crippen MR) is 116 cm³/mol. The Kier molecular flexibility index (Phi) is 5.53. The predicted octanol–water partition coefficient (Wildman–Crippen LogP) is 6.24. The van der Waals surface area contributed by atoms with Gasteiger partial charge in [-0.3, -0.25) is 4.79 Å². The molecule has 7 heteroatoms. The van der Waals surface area contributed by atoms with E-state index in [1.54, 1.807) is 23.5 Å². The third-order valence-electron chi connectivity index (χ3n) is 4.36. The Bertz CT molecular complexity index is 1170. The number of rotatable bonds is 5. The van der Waals surface area contributed by atoms with E-state index in [9.17, 15) is 9.18 Å². The van der Waals surface area contributed by atoms with Crippen LogP contribution in [0.4, 0.5) is 4.39 Å². The molecule has 28 heavy (non-hydrogen) atoms. The summed E-state index contributed by atoms with van der Waals surface area (Å²) >= 11 is 11.2. The monoisotopic (exact) mass is 476 g/mol. The highest BCUT2D eigenvalue weighted by Gasteiger charge is 2.18. The molecule has 0 aliphatic rings. The average molecular weight is 478 g/mol. The highest BCUT2D eigenvalue weighted by Crippen LogP contribution is 2.33. The first-order valence-corrected chi connectivity index (χ1v) is 10.5. The van der Waals surface area contributed by atoms with Crippen molar-refractivity contribution >= 4 is 55.0 Å². The molecule has 0 aliphatic carbocycles. The Morgan fingerprint density at radius 3 is 2.68 bits per heavy atom. The molecule has 1 amide bonds. The zero-order valence-corrected chi connectivity index (χ0v) is 17.7. The van der Waals surface area contributed by atoms with Gasteiger partial charge in [-0.15, -0.1) is 11.3 Å². The molecule has 0 bridgehead atoms. The van der Waals surface area contributed by atoms with Gasteiger partial charge in [-0.05, 0) is 63.5 Å². The number of thiophene rings is 1. The van der Waals surface area contributed by atoms with Crippen LogP contribution in [-0.2, 0) is 13.1 Å². The third kappa shape index (κ3) is 4.14. The molecule has 1 N–H and O–H groups in total. The molecular weight excluding hydrogens is 463 g/mol. The summed E-state index contributed by atoms with van der Waals surface area (Å²) in [6.07, 6.45) is 0. The van der Waals surface area contributed by atoms with E-state index in [-0.39, 0.29) is 18.3 Å². The van der Waals surface area contributed by atoms with Crippen molar-refractivity contribution in [2.45, 2.75) is 13.1 Å². The van der Waals surface area contributed by atoms with Gasteiger partial charge < -0.3 is 9.88 Å². The van der Waals surface area contributed by atoms with Crippen LogP contribution in [-0.4, -0.2) is 10.5 Å². The van der Waals surface area contributed by atoms with E-state index in [4.69, 9.17) is 11.6 Å². The SMILES string of the molecule is O=C(NCc1cccc(F)c1)c1cc2sc(Br)cc2n1Cc1cccc(Cl)c1. The fourth-order valence-electron chi connectivity index (χ4n) is 3.11. The molecule has 2 heterocycles. The highest BCUT2D eigenvalue weighted by atomic mass is 79.9. The second-order valence-corrected chi connectivity index (χ2v) is 9.26. The highest BCUT2D eigenvalue weighted by molar-refractivity contribution is 9.11. The number of hydrogen-bond donors (Lipinski definition) is 1. The maximum atomic E-state index is 13.4. The number of carbonyl (C=O) groups is 1. The number of amides is 1. The molecule has 0 aliphatic heterocycles. The van der Waals surface area contributed by atoms with Crippen molar-refractivity contribution in [3.63, 3.8) is 0 Å². The molecule has 4 rings (SSSR count). The largest absolute Gasteiger partial charge is 0.347 e. The number of benzene rings is 2. The Morgan fingerprint density at radius 2 is 1.89 bits per heavy atom. The van der Waals surface area contributed by atoms with Crippen LogP contribution in [0.2, 0.25) is 5.02 Å². The van der Waals surface area contributed by atoms with Gasteiger partial charge in [0.25, 0.3) is 5.91 Å². The smallest absolute Gasteiger partial charge is 0.268 e. The average Bonchev–Trinajstić information content (AvgIpc) is 3.17. The summed E-state index contributed by atoms with van der Waals surface area (Å²) in [4.78, 5) is 12.9. The summed E-state index contributed by atoms with van der Waals surface area (Å²) in [5.41, 5.74) is 3.26. The van der Waals surface area contributed by atoms with Crippen LogP contribution in [0.3, 0.4) is 0 Å². The van der Waals surface area contributed by atoms with Crippen LogP contribution in [0.5, 0.6) is 0 Å². The molecule has 0 spiro atoms. The normalized spacial score (nSPS) is 11.1. The lowest BCUT2D eigenvalue weighted by Crippen LogP contribution is -2.25. The van der Waals surface area contributed by atoms with Gasteiger partial charge >= 0.3 is 0 Å². The Balaban J connectivity index is 1.64. The minimum Gasteiger partial charge on any atom is -0.347 e. The first kappa shape index (κ1) is 19.2. The lowest BCUT2D eigenvalue weighted by molar-refractivity contribution is 0.0942. The van der Waals surface area contributed by atoms with Crippen LogP contribution in [0.15, 0.2) is 64.5 Å². The zero-order valence-electron chi connectivity index (χ0n) is 14.6. The van der Waals surface area contributed by atoms with E-state index >= 15 is 0 Å². The van der Waals surface area contributed by atoms with Gasteiger partial charge in [0.1, 0.15) is 11.5 Å². The molecule has 2 aromatic heterocycles. The molecule has 0 unspecified atom stereocenters. The first-order valence-electron chi connectivity index (χ1n) is 8.55. The van der Waals surface area contributed by atoms with E-state index in [1.165, 1.54) is 12.1 Å². The maximum Gasteiger partial charge on any atom is 0.268 e. The quantitative estimate of drug-likeness (QED) is 0.363. The lowest BCUT2D eigenvalue weighted by atomic mass is 10.2. The third-order valence-corrected chi connectivity index (χ3v) is 6.17. The van der Waals surface area contributed by atoms with E-state index < -0.39 is 0 Å². The molecule has 0 saturated heterocycles. The van der Waals surface area contributed by atoms with Gasteiger partial charge in [0.15, 0.2) is 0 Å². The lowest BCUT2D eigenvalue weighted by Gasteiger charge is -2.11. The summed E-state index contributed by atoms with van der Waals surface area (Å²) in [6.45, 7) is 0.784. The van der Waals surface area contributed by atoms with Gasteiger partial charge in [0.2, 0.25) is 0 Å². The van der Waals surface area contributed by atoms with Crippen LogP contribution in [0.1, 0.15) is 21.6 Å². The van der Waals surface area contributed by atoms with E-state index in [1.807, 2.05) is 41.0 Å². The van der Waals surface area contributed by atoms with Gasteiger partial charge in [0, 0.05) is 18.1 Å². The molecule has 0 radical (unpaired) electrons. The van der Waals surface area contributed by atoms with Crippen molar-refractivity contribution in [3.8, 4) is 0 Å². The topological polar surface area (TPSA) is 34.0 Å². The van der Waals surface area contributed by atoms with E-state index in [2.05, 4.69) is 21.2 Å². The molecule has 3 nitrogen and oxygen atoms in total. The number of hydrogen-bond acceptors (Lipinski definition) is 2. The van der Waals surface area contributed by atoms with Crippen molar-refractivity contribution in [2.75, 3.05) is 0 Å². The number of nitrogens with one attached hydrogen (secondary N) is 1. The summed E-state index contributed by atoms with van der Waals surface area (Å²) in [6, 6.07) is 17.7. The van der Waals surface area contributed by atoms with Crippen molar-refractivity contribution in [2.24, 2.45) is 0 Å². The number of fused-ring (bicyclic) bond motifs is 1. The minimum absolute atomic E-state index is 0.203. The van der Waals surface area contributed by atoms with Crippen LogP contribution < -0.4 is 5.32 Å². The molecule has 0 fully saturated rings. The number of halogens is 3. The molecule has 142 valence electrons. The molecule has 0 saturated carbocycles. The van der Waals surface area contributed by atoms with Crippen molar-refractivity contribution in [1.82, 2.24) is 9.88 Å². The molecule has 0 atom stereocenters. The summed E-state index contributed by atoms with van der Waals surface area (Å²) in [5.74, 6) is -0.521.